The zero-order valence-electron chi connectivity index (χ0n) is 17.8. The molecule has 2 fully saturated rings. The van der Waals surface area contributed by atoms with Gasteiger partial charge in [0.25, 0.3) is 0 Å². The normalized spacial score (nSPS) is 20.4. The smallest absolute Gasteiger partial charge is 0.119 e. The maximum absolute atomic E-state index is 6.03. The van der Waals surface area contributed by atoms with Crippen LogP contribution >= 0.6 is 11.8 Å². The molecule has 5 heteroatoms. The van der Waals surface area contributed by atoms with Gasteiger partial charge in [0.15, 0.2) is 0 Å². The van der Waals surface area contributed by atoms with Crippen LogP contribution in [0.1, 0.15) is 38.7 Å². The monoisotopic (exact) mass is 406 g/mol. The molecule has 0 bridgehead atoms. The third-order valence-electron chi connectivity index (χ3n) is 6.33. The summed E-state index contributed by atoms with van der Waals surface area (Å²) in [5, 5.41) is 0. The number of benzene rings is 1. The van der Waals surface area contributed by atoms with Gasteiger partial charge in [-0.05, 0) is 50.0 Å². The second-order valence-corrected chi connectivity index (χ2v) is 9.26. The summed E-state index contributed by atoms with van der Waals surface area (Å²) in [6.45, 7) is 14.0. The molecule has 3 rings (SSSR count). The fourth-order valence-electron chi connectivity index (χ4n) is 4.38. The lowest BCUT2D eigenvalue weighted by atomic mass is 9.73. The summed E-state index contributed by atoms with van der Waals surface area (Å²) in [7, 11) is 0. The number of hydrogen-bond donors (Lipinski definition) is 0. The molecular formula is C23H38N2O2S. The molecule has 0 amide bonds. The molecule has 2 aliphatic heterocycles. The van der Waals surface area contributed by atoms with E-state index in [1.165, 1.54) is 30.2 Å². The topological polar surface area (TPSA) is 24.9 Å². The van der Waals surface area contributed by atoms with Crippen molar-refractivity contribution in [3.63, 3.8) is 0 Å². The highest BCUT2D eigenvalue weighted by Gasteiger charge is 2.35. The van der Waals surface area contributed by atoms with Crippen LogP contribution in [0.3, 0.4) is 0 Å². The van der Waals surface area contributed by atoms with Crippen molar-refractivity contribution >= 4 is 11.8 Å². The van der Waals surface area contributed by atoms with Crippen molar-refractivity contribution in [2.45, 2.75) is 38.5 Å². The summed E-state index contributed by atoms with van der Waals surface area (Å²) >= 11 is 2.07. The van der Waals surface area contributed by atoms with Crippen molar-refractivity contribution in [2.24, 2.45) is 0 Å². The number of likely N-dealkylation sites (N-methyl/N-ethyl adjacent to an activating group) is 1. The van der Waals surface area contributed by atoms with Crippen molar-refractivity contribution in [2.75, 3.05) is 70.6 Å². The van der Waals surface area contributed by atoms with Gasteiger partial charge in [-0.15, -0.1) is 0 Å². The SMILES string of the molecule is CCN(CC)CC1(c2ccc(OCCCN3CCSCC3)cc2)CCOCC1. The Kier molecular flexibility index (Phi) is 8.97. The van der Waals surface area contributed by atoms with Crippen LogP contribution in [0, 0.1) is 0 Å². The molecule has 1 aromatic rings. The van der Waals surface area contributed by atoms with Gasteiger partial charge < -0.3 is 19.3 Å². The second kappa shape index (κ2) is 11.4. The van der Waals surface area contributed by atoms with Crippen LogP contribution in [0.4, 0.5) is 0 Å². The number of hydrogen-bond acceptors (Lipinski definition) is 5. The minimum Gasteiger partial charge on any atom is -0.494 e. The summed E-state index contributed by atoms with van der Waals surface area (Å²) in [4.78, 5) is 5.11. The van der Waals surface area contributed by atoms with Crippen molar-refractivity contribution in [3.8, 4) is 5.75 Å². The molecule has 2 aliphatic rings. The molecule has 4 nitrogen and oxygen atoms in total. The molecular weight excluding hydrogens is 368 g/mol. The van der Waals surface area contributed by atoms with Crippen molar-refractivity contribution in [1.82, 2.24) is 9.80 Å². The van der Waals surface area contributed by atoms with Crippen molar-refractivity contribution < 1.29 is 9.47 Å². The first-order valence-electron chi connectivity index (χ1n) is 11.1. The molecule has 0 radical (unpaired) electrons. The Hall–Kier alpha value is -0.750. The zero-order valence-corrected chi connectivity index (χ0v) is 18.6. The lowest BCUT2D eigenvalue weighted by Gasteiger charge is -2.41. The van der Waals surface area contributed by atoms with Gasteiger partial charge in [0.05, 0.1) is 6.61 Å². The molecule has 0 spiro atoms. The van der Waals surface area contributed by atoms with E-state index in [9.17, 15) is 0 Å². The van der Waals surface area contributed by atoms with Gasteiger partial charge >= 0.3 is 0 Å². The Morgan fingerprint density at radius 3 is 2.39 bits per heavy atom. The zero-order chi connectivity index (χ0) is 19.7. The lowest BCUT2D eigenvalue weighted by Crippen LogP contribution is -2.44. The minimum absolute atomic E-state index is 0.217. The number of rotatable bonds is 10. The van der Waals surface area contributed by atoms with E-state index < -0.39 is 0 Å². The molecule has 2 saturated heterocycles. The fourth-order valence-corrected chi connectivity index (χ4v) is 5.36. The summed E-state index contributed by atoms with van der Waals surface area (Å²) in [5.74, 6) is 3.56. The molecule has 0 N–H and O–H groups in total. The van der Waals surface area contributed by atoms with Gasteiger partial charge in [-0.25, -0.2) is 0 Å². The molecule has 0 saturated carbocycles. The number of ether oxygens (including phenoxy) is 2. The lowest BCUT2D eigenvalue weighted by molar-refractivity contribution is 0.0352. The number of thioether (sulfide) groups is 1. The van der Waals surface area contributed by atoms with Gasteiger partial charge in [0, 0.05) is 56.3 Å². The Bertz CT molecular complexity index is 550. The van der Waals surface area contributed by atoms with E-state index in [4.69, 9.17) is 9.47 Å². The van der Waals surface area contributed by atoms with Crippen molar-refractivity contribution in [1.29, 1.82) is 0 Å². The highest BCUT2D eigenvalue weighted by molar-refractivity contribution is 7.99. The van der Waals surface area contributed by atoms with Crippen LogP contribution in [0.25, 0.3) is 0 Å². The third-order valence-corrected chi connectivity index (χ3v) is 7.27. The first-order valence-corrected chi connectivity index (χ1v) is 12.2. The molecule has 0 unspecified atom stereocenters. The predicted octanol–water partition coefficient (Wildman–Crippen LogP) is 3.89. The molecule has 158 valence electrons. The van der Waals surface area contributed by atoms with Crippen LogP contribution in [0.5, 0.6) is 5.75 Å². The maximum atomic E-state index is 6.03. The van der Waals surface area contributed by atoms with Crippen LogP contribution in [-0.2, 0) is 10.2 Å². The average Bonchev–Trinajstić information content (AvgIpc) is 2.77. The quantitative estimate of drug-likeness (QED) is 0.549. The predicted molar refractivity (Wildman–Crippen MR) is 120 cm³/mol. The van der Waals surface area contributed by atoms with E-state index >= 15 is 0 Å². The second-order valence-electron chi connectivity index (χ2n) is 8.03. The largest absolute Gasteiger partial charge is 0.494 e. The highest BCUT2D eigenvalue weighted by atomic mass is 32.2. The average molecular weight is 407 g/mol. The Morgan fingerprint density at radius 1 is 1.07 bits per heavy atom. The maximum Gasteiger partial charge on any atom is 0.119 e. The summed E-state index contributed by atoms with van der Waals surface area (Å²) in [6.07, 6.45) is 3.32. The Labute approximate surface area is 175 Å². The van der Waals surface area contributed by atoms with Crippen molar-refractivity contribution in [3.05, 3.63) is 29.8 Å². The summed E-state index contributed by atoms with van der Waals surface area (Å²) in [6, 6.07) is 8.94. The third kappa shape index (κ3) is 6.12. The first-order chi connectivity index (χ1) is 13.8. The van der Waals surface area contributed by atoms with Gasteiger partial charge in [-0.3, -0.25) is 0 Å². The van der Waals surface area contributed by atoms with E-state index in [-0.39, 0.29) is 5.41 Å². The molecule has 28 heavy (non-hydrogen) atoms. The van der Waals surface area contributed by atoms with Gasteiger partial charge in [-0.1, -0.05) is 26.0 Å². The van der Waals surface area contributed by atoms with E-state index in [1.54, 1.807) is 0 Å². The Morgan fingerprint density at radius 2 is 1.75 bits per heavy atom. The molecule has 0 aromatic heterocycles. The minimum atomic E-state index is 0.217. The summed E-state index contributed by atoms with van der Waals surface area (Å²) in [5.41, 5.74) is 1.66. The number of nitrogens with zero attached hydrogens (tertiary/aromatic N) is 2. The van der Waals surface area contributed by atoms with Crippen LogP contribution in [-0.4, -0.2) is 80.4 Å². The molecule has 1 aromatic carbocycles. The molecule has 0 aliphatic carbocycles. The summed E-state index contributed by atoms with van der Waals surface area (Å²) < 4.78 is 11.7. The highest BCUT2D eigenvalue weighted by Crippen LogP contribution is 2.36. The fraction of sp³-hybridized carbons (Fsp3) is 0.739. The molecule has 0 atom stereocenters. The van der Waals surface area contributed by atoms with Crippen LogP contribution in [0.2, 0.25) is 0 Å². The van der Waals surface area contributed by atoms with E-state index in [0.717, 1.165) is 71.0 Å². The van der Waals surface area contributed by atoms with Crippen LogP contribution in [0.15, 0.2) is 24.3 Å². The van der Waals surface area contributed by atoms with Crippen LogP contribution < -0.4 is 4.74 Å². The first kappa shape index (κ1) is 21.9. The van der Waals surface area contributed by atoms with E-state index in [2.05, 4.69) is 59.7 Å². The van der Waals surface area contributed by atoms with E-state index in [0.29, 0.717) is 0 Å². The van der Waals surface area contributed by atoms with Gasteiger partial charge in [0.2, 0.25) is 0 Å². The van der Waals surface area contributed by atoms with Gasteiger partial charge in [0.1, 0.15) is 5.75 Å². The van der Waals surface area contributed by atoms with E-state index in [1.807, 2.05) is 0 Å². The van der Waals surface area contributed by atoms with Gasteiger partial charge in [-0.2, -0.15) is 11.8 Å². The standard InChI is InChI=1S/C23H38N2O2S/c1-3-24(4-2)20-23(10-16-26-17-11-23)21-6-8-22(9-7-21)27-15-5-12-25-13-18-28-19-14-25/h6-9H,3-5,10-20H2,1-2H3. The Balaban J connectivity index is 1.53. The molecule has 2 heterocycles.